The second-order valence-corrected chi connectivity index (χ2v) is 9.40. The van der Waals surface area contributed by atoms with E-state index in [0.29, 0.717) is 40.3 Å². The maximum Gasteiger partial charge on any atom is 0.341 e. The summed E-state index contributed by atoms with van der Waals surface area (Å²) in [6.07, 6.45) is 3.74. The smallest absolute Gasteiger partial charge is 0.341 e. The average Bonchev–Trinajstić information content (AvgIpc) is 3.60. The third-order valence-electron chi connectivity index (χ3n) is 6.14. The largest absolute Gasteiger partial charge is 0.493 e. The predicted octanol–water partition coefficient (Wildman–Crippen LogP) is 4.30. The fraction of sp³-hybridized carbons (Fsp3) is 0.520. The normalized spacial score (nSPS) is 16.7. The lowest BCUT2D eigenvalue weighted by Gasteiger charge is -2.32. The summed E-state index contributed by atoms with van der Waals surface area (Å²) in [6, 6.07) is 5.56. The lowest BCUT2D eigenvalue weighted by molar-refractivity contribution is -0.117. The lowest BCUT2D eigenvalue weighted by Crippen LogP contribution is -2.42. The second kappa shape index (κ2) is 11.1. The van der Waals surface area contributed by atoms with Crippen LogP contribution in [-0.2, 0) is 9.53 Å². The van der Waals surface area contributed by atoms with E-state index in [9.17, 15) is 9.59 Å². The zero-order chi connectivity index (χ0) is 24.1. The first-order valence-corrected chi connectivity index (χ1v) is 12.6. The molecular formula is C25H32N2O6S. The molecule has 2 fully saturated rings. The van der Waals surface area contributed by atoms with Crippen molar-refractivity contribution in [2.75, 3.05) is 45.8 Å². The van der Waals surface area contributed by atoms with Gasteiger partial charge in [0.25, 0.3) is 0 Å². The van der Waals surface area contributed by atoms with Gasteiger partial charge in [-0.05, 0) is 61.6 Å². The number of carbonyl (C=O) groups is 2. The fourth-order valence-electron chi connectivity index (χ4n) is 4.23. The van der Waals surface area contributed by atoms with Crippen molar-refractivity contribution in [3.8, 4) is 17.2 Å². The van der Waals surface area contributed by atoms with Crippen LogP contribution in [0, 0.1) is 0 Å². The summed E-state index contributed by atoms with van der Waals surface area (Å²) in [4.78, 5) is 27.4. The van der Waals surface area contributed by atoms with Crippen molar-refractivity contribution in [1.82, 2.24) is 4.90 Å². The Morgan fingerprint density at radius 1 is 1.09 bits per heavy atom. The highest BCUT2D eigenvalue weighted by Gasteiger charge is 2.32. The summed E-state index contributed by atoms with van der Waals surface area (Å²) in [5.41, 5.74) is 1.53. The number of methoxy groups -OCH3 is 2. The topological polar surface area (TPSA) is 86.3 Å². The van der Waals surface area contributed by atoms with Crippen LogP contribution < -0.4 is 19.5 Å². The molecule has 0 bridgehead atoms. The molecular weight excluding hydrogens is 456 g/mol. The molecule has 184 valence electrons. The Morgan fingerprint density at radius 3 is 2.35 bits per heavy atom. The number of rotatable bonds is 10. The number of benzene rings is 1. The highest BCUT2D eigenvalue weighted by molar-refractivity contribution is 7.15. The number of likely N-dealkylation sites (tertiary alicyclic amines) is 1. The van der Waals surface area contributed by atoms with E-state index in [1.54, 1.807) is 21.1 Å². The summed E-state index contributed by atoms with van der Waals surface area (Å²) in [5.74, 6) is 1.81. The number of para-hydroxylation sites is 1. The molecule has 1 aliphatic heterocycles. The monoisotopic (exact) mass is 488 g/mol. The third kappa shape index (κ3) is 5.64. The van der Waals surface area contributed by atoms with Gasteiger partial charge in [-0.25, -0.2) is 4.79 Å². The summed E-state index contributed by atoms with van der Waals surface area (Å²) < 4.78 is 22.3. The Labute approximate surface area is 204 Å². The number of hydrogen-bond acceptors (Lipinski definition) is 8. The number of hydrogen-bond donors (Lipinski definition) is 1. The number of amides is 1. The van der Waals surface area contributed by atoms with E-state index in [4.69, 9.17) is 18.9 Å². The zero-order valence-corrected chi connectivity index (χ0v) is 20.7. The molecule has 1 amide bonds. The number of nitrogens with one attached hydrogen (secondary N) is 1. The van der Waals surface area contributed by atoms with Gasteiger partial charge in [-0.1, -0.05) is 6.07 Å². The van der Waals surface area contributed by atoms with Crippen LogP contribution in [0.2, 0.25) is 0 Å². The minimum absolute atomic E-state index is 0.0123. The standard InChI is InChI=1S/C25H32N2O6S/c1-4-32-25(29)22-18(16-8-9-16)15-34-24(22)26-21(28)14-27-12-10-17(11-13-27)33-23-19(30-2)6-5-7-20(23)31-3/h5-7,15-17H,4,8-14H2,1-3H3,(H,26,28). The maximum absolute atomic E-state index is 12.8. The van der Waals surface area contributed by atoms with Crippen LogP contribution >= 0.6 is 11.3 Å². The minimum atomic E-state index is -0.356. The molecule has 4 rings (SSSR count). The summed E-state index contributed by atoms with van der Waals surface area (Å²) in [7, 11) is 3.22. The van der Waals surface area contributed by atoms with Crippen molar-refractivity contribution in [2.45, 2.75) is 44.6 Å². The summed E-state index contributed by atoms with van der Waals surface area (Å²) >= 11 is 1.40. The first-order chi connectivity index (χ1) is 16.5. The highest BCUT2D eigenvalue weighted by atomic mass is 32.1. The molecule has 0 unspecified atom stereocenters. The molecule has 1 saturated heterocycles. The van der Waals surface area contributed by atoms with E-state index in [1.807, 2.05) is 23.6 Å². The van der Waals surface area contributed by atoms with Gasteiger partial charge in [0, 0.05) is 13.1 Å². The van der Waals surface area contributed by atoms with Gasteiger partial charge in [0.2, 0.25) is 11.7 Å². The Morgan fingerprint density at radius 2 is 1.76 bits per heavy atom. The van der Waals surface area contributed by atoms with Crippen molar-refractivity contribution in [1.29, 1.82) is 0 Å². The van der Waals surface area contributed by atoms with E-state index in [0.717, 1.165) is 44.3 Å². The van der Waals surface area contributed by atoms with E-state index >= 15 is 0 Å². The number of carbonyl (C=O) groups excluding carboxylic acids is 2. The quantitative estimate of drug-likeness (QED) is 0.499. The van der Waals surface area contributed by atoms with Crippen molar-refractivity contribution in [3.05, 3.63) is 34.7 Å². The Hall–Kier alpha value is -2.78. The Bertz CT molecular complexity index is 989. The Balaban J connectivity index is 1.32. The zero-order valence-electron chi connectivity index (χ0n) is 19.9. The van der Waals surface area contributed by atoms with Gasteiger partial charge in [0.1, 0.15) is 11.1 Å². The molecule has 34 heavy (non-hydrogen) atoms. The fourth-order valence-corrected chi connectivity index (χ4v) is 5.27. The molecule has 0 radical (unpaired) electrons. The molecule has 1 N–H and O–H groups in total. The van der Waals surface area contributed by atoms with Crippen molar-refractivity contribution in [3.63, 3.8) is 0 Å². The second-order valence-electron chi connectivity index (χ2n) is 8.52. The maximum atomic E-state index is 12.8. The van der Waals surface area contributed by atoms with E-state index in [-0.39, 0.29) is 24.5 Å². The molecule has 0 atom stereocenters. The molecule has 9 heteroatoms. The Kier molecular flexibility index (Phi) is 7.95. The molecule has 1 aliphatic carbocycles. The number of nitrogens with zero attached hydrogens (tertiary/aromatic N) is 1. The van der Waals surface area contributed by atoms with Gasteiger partial charge in [0.15, 0.2) is 11.5 Å². The molecule has 1 aromatic heterocycles. The van der Waals surface area contributed by atoms with Crippen LogP contribution in [0.5, 0.6) is 17.2 Å². The van der Waals surface area contributed by atoms with Gasteiger partial charge >= 0.3 is 5.97 Å². The first kappa shape index (κ1) is 24.3. The predicted molar refractivity (Wildman–Crippen MR) is 131 cm³/mol. The summed E-state index contributed by atoms with van der Waals surface area (Å²) in [5, 5.41) is 5.52. The van der Waals surface area contributed by atoms with E-state index in [2.05, 4.69) is 10.2 Å². The van der Waals surface area contributed by atoms with Gasteiger partial charge in [-0.2, -0.15) is 0 Å². The molecule has 1 saturated carbocycles. The summed E-state index contributed by atoms with van der Waals surface area (Å²) in [6.45, 7) is 3.83. The van der Waals surface area contributed by atoms with Crippen LogP contribution in [-0.4, -0.2) is 63.3 Å². The number of thiophene rings is 1. The van der Waals surface area contributed by atoms with Crippen LogP contribution in [0.15, 0.2) is 23.6 Å². The molecule has 2 heterocycles. The molecule has 2 aromatic rings. The van der Waals surface area contributed by atoms with Crippen molar-refractivity contribution >= 4 is 28.2 Å². The van der Waals surface area contributed by atoms with Gasteiger partial charge < -0.3 is 24.3 Å². The third-order valence-corrected chi connectivity index (χ3v) is 7.05. The van der Waals surface area contributed by atoms with Crippen molar-refractivity contribution < 1.29 is 28.5 Å². The number of piperidine rings is 1. The molecule has 8 nitrogen and oxygen atoms in total. The lowest BCUT2D eigenvalue weighted by atomic mass is 10.1. The minimum Gasteiger partial charge on any atom is -0.493 e. The number of anilines is 1. The van der Waals surface area contributed by atoms with Crippen LogP contribution in [0.1, 0.15) is 54.4 Å². The molecule has 2 aliphatic rings. The highest BCUT2D eigenvalue weighted by Crippen LogP contribution is 2.46. The number of esters is 1. The first-order valence-electron chi connectivity index (χ1n) is 11.7. The number of ether oxygens (including phenoxy) is 4. The SMILES string of the molecule is CCOC(=O)c1c(C2CC2)csc1NC(=O)CN1CCC(Oc2c(OC)cccc2OC)CC1. The van der Waals surface area contributed by atoms with E-state index < -0.39 is 0 Å². The van der Waals surface area contributed by atoms with Crippen LogP contribution in [0.25, 0.3) is 0 Å². The molecule has 1 aromatic carbocycles. The van der Waals surface area contributed by atoms with Gasteiger partial charge in [0.05, 0.1) is 32.9 Å². The van der Waals surface area contributed by atoms with Crippen LogP contribution in [0.3, 0.4) is 0 Å². The van der Waals surface area contributed by atoms with Crippen molar-refractivity contribution in [2.24, 2.45) is 0 Å². The average molecular weight is 489 g/mol. The van der Waals surface area contributed by atoms with E-state index in [1.165, 1.54) is 11.3 Å². The molecule has 0 spiro atoms. The van der Waals surface area contributed by atoms with Gasteiger partial charge in [-0.15, -0.1) is 11.3 Å². The van der Waals surface area contributed by atoms with Gasteiger partial charge in [-0.3, -0.25) is 9.69 Å². The van der Waals surface area contributed by atoms with Crippen LogP contribution in [0.4, 0.5) is 5.00 Å².